The van der Waals surface area contributed by atoms with Gasteiger partial charge < -0.3 is 19.7 Å². The molecule has 2 aromatic carbocycles. The highest BCUT2D eigenvalue weighted by atomic mass is 35.5. The van der Waals surface area contributed by atoms with Crippen molar-refractivity contribution in [2.24, 2.45) is 0 Å². The van der Waals surface area contributed by atoms with Gasteiger partial charge in [-0.25, -0.2) is 4.79 Å². The number of esters is 1. The summed E-state index contributed by atoms with van der Waals surface area (Å²) in [5, 5.41) is 3.35. The Morgan fingerprint density at radius 2 is 1.97 bits per heavy atom. The number of nitrogens with zero attached hydrogens (tertiary/aromatic N) is 1. The molecule has 0 radical (unpaired) electrons. The second-order valence-electron chi connectivity index (χ2n) is 6.74. The first-order valence-corrected chi connectivity index (χ1v) is 9.48. The summed E-state index contributed by atoms with van der Waals surface area (Å²) >= 11 is 5.89. The van der Waals surface area contributed by atoms with E-state index in [1.807, 2.05) is 6.92 Å². The number of hydrogen-bond donors (Lipinski definition) is 1. The van der Waals surface area contributed by atoms with Gasteiger partial charge in [0.1, 0.15) is 5.75 Å². The summed E-state index contributed by atoms with van der Waals surface area (Å²) in [6.45, 7) is 2.80. The molecule has 29 heavy (non-hydrogen) atoms. The Bertz CT molecular complexity index is 946. The van der Waals surface area contributed by atoms with Crippen molar-refractivity contribution in [2.45, 2.75) is 26.3 Å². The maximum absolute atomic E-state index is 12.8. The van der Waals surface area contributed by atoms with E-state index in [1.165, 1.54) is 4.90 Å². The van der Waals surface area contributed by atoms with Gasteiger partial charge in [0.2, 0.25) is 5.91 Å². The summed E-state index contributed by atoms with van der Waals surface area (Å²) in [6.07, 6.45) is 0.146. The first kappa shape index (κ1) is 20.7. The van der Waals surface area contributed by atoms with Crippen LogP contribution in [0.4, 0.5) is 11.4 Å². The Kier molecular flexibility index (Phi) is 6.39. The molecule has 152 valence electrons. The van der Waals surface area contributed by atoms with E-state index in [4.69, 9.17) is 21.1 Å². The molecule has 8 heteroatoms. The number of ether oxygens (including phenoxy) is 2. The maximum Gasteiger partial charge on any atom is 0.344 e. The van der Waals surface area contributed by atoms with E-state index in [0.717, 1.165) is 5.56 Å². The second kappa shape index (κ2) is 8.96. The number of benzene rings is 2. The fourth-order valence-corrected chi connectivity index (χ4v) is 3.36. The van der Waals surface area contributed by atoms with Crippen molar-refractivity contribution in [3.63, 3.8) is 0 Å². The number of anilines is 2. The number of halogens is 1. The Hall–Kier alpha value is -3.06. The van der Waals surface area contributed by atoms with Gasteiger partial charge in [0.05, 0.1) is 11.4 Å². The van der Waals surface area contributed by atoms with Crippen LogP contribution in [0.3, 0.4) is 0 Å². The van der Waals surface area contributed by atoms with E-state index in [9.17, 15) is 14.4 Å². The van der Waals surface area contributed by atoms with E-state index in [1.54, 1.807) is 49.4 Å². The first-order valence-electron chi connectivity index (χ1n) is 9.10. The monoisotopic (exact) mass is 416 g/mol. The topological polar surface area (TPSA) is 84.9 Å². The van der Waals surface area contributed by atoms with Gasteiger partial charge in [-0.15, -0.1) is 0 Å². The smallest absolute Gasteiger partial charge is 0.344 e. The number of hydrogen-bond acceptors (Lipinski definition) is 5. The molecular formula is C21H21ClN2O5. The maximum atomic E-state index is 12.8. The lowest BCUT2D eigenvalue weighted by molar-refractivity contribution is -0.150. The Labute approximate surface area is 173 Å². The minimum Gasteiger partial charge on any atom is -0.482 e. The van der Waals surface area contributed by atoms with Crippen LogP contribution in [0.15, 0.2) is 42.5 Å². The van der Waals surface area contributed by atoms with Crippen molar-refractivity contribution in [3.8, 4) is 5.75 Å². The summed E-state index contributed by atoms with van der Waals surface area (Å²) < 4.78 is 10.5. The van der Waals surface area contributed by atoms with E-state index in [0.29, 0.717) is 22.1 Å². The minimum atomic E-state index is -0.669. The van der Waals surface area contributed by atoms with Crippen molar-refractivity contribution in [1.29, 1.82) is 0 Å². The minimum absolute atomic E-state index is 0.146. The number of amides is 2. The van der Waals surface area contributed by atoms with Gasteiger partial charge in [-0.2, -0.15) is 0 Å². The van der Waals surface area contributed by atoms with E-state index < -0.39 is 18.5 Å². The number of aryl methyl sites for hydroxylation is 1. The number of fused-ring (bicyclic) bond motifs is 1. The van der Waals surface area contributed by atoms with Crippen LogP contribution in [-0.4, -0.2) is 37.0 Å². The highest BCUT2D eigenvalue weighted by molar-refractivity contribution is 6.30. The van der Waals surface area contributed by atoms with E-state index in [2.05, 4.69) is 5.32 Å². The molecule has 0 aliphatic carbocycles. The van der Waals surface area contributed by atoms with Crippen LogP contribution in [0.25, 0.3) is 0 Å². The van der Waals surface area contributed by atoms with Crippen LogP contribution in [0, 0.1) is 6.92 Å². The predicted molar refractivity (Wildman–Crippen MR) is 109 cm³/mol. The largest absolute Gasteiger partial charge is 0.482 e. The van der Waals surface area contributed by atoms with Crippen molar-refractivity contribution in [2.75, 3.05) is 23.4 Å². The summed E-state index contributed by atoms with van der Waals surface area (Å²) in [5.41, 5.74) is 1.90. The van der Waals surface area contributed by atoms with Crippen molar-refractivity contribution in [1.82, 2.24) is 0 Å². The molecule has 1 atom stereocenters. The molecule has 1 N–H and O–H groups in total. The van der Waals surface area contributed by atoms with Gasteiger partial charge in [0, 0.05) is 17.5 Å². The van der Waals surface area contributed by atoms with Crippen LogP contribution < -0.4 is 15.0 Å². The predicted octanol–water partition coefficient (Wildman–Crippen LogP) is 3.33. The molecule has 1 aliphatic heterocycles. The highest BCUT2D eigenvalue weighted by Gasteiger charge is 2.30. The molecular weight excluding hydrogens is 396 g/mol. The van der Waals surface area contributed by atoms with Crippen molar-refractivity contribution in [3.05, 3.63) is 53.1 Å². The average Bonchev–Trinajstić information content (AvgIpc) is 2.79. The Morgan fingerprint density at radius 3 is 2.72 bits per heavy atom. The highest BCUT2D eigenvalue weighted by Crippen LogP contribution is 2.31. The lowest BCUT2D eigenvalue weighted by Crippen LogP contribution is -2.41. The molecule has 2 aromatic rings. The summed E-state index contributed by atoms with van der Waals surface area (Å²) in [5.74, 6) is -0.753. The number of carbonyl (C=O) groups excluding carboxylic acids is 3. The number of rotatable bonds is 5. The normalized spacial score (nSPS) is 15.8. The van der Waals surface area contributed by atoms with Gasteiger partial charge in [-0.05, 0) is 49.7 Å². The van der Waals surface area contributed by atoms with Crippen LogP contribution in [0.1, 0.15) is 18.9 Å². The van der Waals surface area contributed by atoms with Gasteiger partial charge in [0.15, 0.2) is 13.2 Å². The van der Waals surface area contributed by atoms with Crippen molar-refractivity contribution < 1.29 is 23.9 Å². The summed E-state index contributed by atoms with van der Waals surface area (Å²) in [4.78, 5) is 38.3. The van der Waals surface area contributed by atoms with Gasteiger partial charge >= 0.3 is 5.97 Å². The van der Waals surface area contributed by atoms with Gasteiger partial charge in [-0.3, -0.25) is 9.59 Å². The van der Waals surface area contributed by atoms with Crippen LogP contribution >= 0.6 is 11.6 Å². The number of para-hydroxylation sites is 2. The molecule has 0 spiro atoms. The number of nitrogens with one attached hydrogen (secondary N) is 1. The van der Waals surface area contributed by atoms with Crippen LogP contribution in [-0.2, 0) is 19.1 Å². The molecule has 1 aliphatic rings. The summed E-state index contributed by atoms with van der Waals surface area (Å²) in [6, 6.07) is 11.7. The van der Waals surface area contributed by atoms with E-state index >= 15 is 0 Å². The lowest BCUT2D eigenvalue weighted by Gasteiger charge is -2.27. The fraction of sp³-hybridized carbons (Fsp3) is 0.286. The Morgan fingerprint density at radius 1 is 1.21 bits per heavy atom. The molecule has 1 unspecified atom stereocenters. The SMILES string of the molecule is Cc1cc(Cl)ccc1OCC(=O)OCC(=O)N1c2ccccc2NC(=O)CC1C. The zero-order valence-corrected chi connectivity index (χ0v) is 16.9. The average molecular weight is 417 g/mol. The number of carbonyl (C=O) groups is 3. The molecule has 0 aromatic heterocycles. The molecule has 0 saturated heterocycles. The molecule has 0 bridgehead atoms. The molecule has 3 rings (SSSR count). The molecule has 0 fully saturated rings. The quantitative estimate of drug-likeness (QED) is 0.755. The third kappa shape index (κ3) is 5.06. The second-order valence-corrected chi connectivity index (χ2v) is 7.18. The third-order valence-electron chi connectivity index (χ3n) is 4.47. The van der Waals surface area contributed by atoms with E-state index in [-0.39, 0.29) is 25.0 Å². The Balaban J connectivity index is 1.61. The molecule has 1 heterocycles. The fourth-order valence-electron chi connectivity index (χ4n) is 3.13. The molecule has 0 saturated carbocycles. The zero-order valence-electron chi connectivity index (χ0n) is 16.1. The molecule has 2 amide bonds. The van der Waals surface area contributed by atoms with Gasteiger partial charge in [-0.1, -0.05) is 23.7 Å². The third-order valence-corrected chi connectivity index (χ3v) is 4.70. The zero-order chi connectivity index (χ0) is 21.0. The standard InChI is InChI=1S/C21H21ClN2O5/c1-13-9-15(22)7-8-18(13)28-12-21(27)29-11-20(26)24-14(2)10-19(25)23-16-5-3-4-6-17(16)24/h3-9,14H,10-12H2,1-2H3,(H,23,25). The van der Waals surface area contributed by atoms with Crippen molar-refractivity contribution >= 4 is 40.8 Å². The van der Waals surface area contributed by atoms with Crippen LogP contribution in [0.5, 0.6) is 5.75 Å². The first-order chi connectivity index (χ1) is 13.8. The summed E-state index contributed by atoms with van der Waals surface area (Å²) in [7, 11) is 0. The van der Waals surface area contributed by atoms with Gasteiger partial charge in [0.25, 0.3) is 5.91 Å². The molecule has 7 nitrogen and oxygen atoms in total. The lowest BCUT2D eigenvalue weighted by atomic mass is 10.1. The van der Waals surface area contributed by atoms with Crippen LogP contribution in [0.2, 0.25) is 5.02 Å².